The average molecular weight is 199 g/mol. The molecule has 3 heteroatoms. The zero-order valence-electron chi connectivity index (χ0n) is 9.05. The van der Waals surface area contributed by atoms with Crippen LogP contribution in [0.25, 0.3) is 0 Å². The fourth-order valence-corrected chi connectivity index (χ4v) is 1.56. The van der Waals surface area contributed by atoms with Crippen molar-refractivity contribution in [2.45, 2.75) is 39.0 Å². The van der Waals surface area contributed by atoms with Gasteiger partial charge in [0.25, 0.3) is 0 Å². The Bertz CT molecular complexity index is 167. The number of hydrogen-bond donors (Lipinski definition) is 1. The third-order valence-electron chi connectivity index (χ3n) is 2.77. The summed E-state index contributed by atoms with van der Waals surface area (Å²) in [5.74, 6) is 0.766. The van der Waals surface area contributed by atoms with Crippen LogP contribution in [0.3, 0.4) is 0 Å². The van der Waals surface area contributed by atoms with Crippen molar-refractivity contribution in [3.05, 3.63) is 0 Å². The summed E-state index contributed by atoms with van der Waals surface area (Å²) in [6.45, 7) is 4.30. The summed E-state index contributed by atoms with van der Waals surface area (Å²) in [4.78, 5) is 11.1. The molecule has 0 radical (unpaired) electrons. The lowest BCUT2D eigenvalue weighted by Crippen LogP contribution is -2.20. The highest BCUT2D eigenvalue weighted by atomic mass is 16.5. The Kier molecular flexibility index (Phi) is 5.60. The molecule has 0 aliphatic heterocycles. The standard InChI is InChI=1S/C11H21NO2/c1-2-12-8-6-11(13)14-9-7-10-4-3-5-10/h10,12H,2-9H2,1H3. The summed E-state index contributed by atoms with van der Waals surface area (Å²) in [7, 11) is 0. The first-order valence-corrected chi connectivity index (χ1v) is 5.69. The second-order valence-corrected chi connectivity index (χ2v) is 3.91. The molecule has 0 spiro atoms. The molecule has 0 amide bonds. The zero-order valence-corrected chi connectivity index (χ0v) is 9.05. The maximum atomic E-state index is 11.1. The lowest BCUT2D eigenvalue weighted by atomic mass is 9.83. The average Bonchev–Trinajstić information content (AvgIpc) is 2.10. The molecule has 0 bridgehead atoms. The molecule has 0 heterocycles. The van der Waals surface area contributed by atoms with Crippen molar-refractivity contribution in [2.75, 3.05) is 19.7 Å². The Balaban J connectivity index is 1.86. The highest BCUT2D eigenvalue weighted by Gasteiger charge is 2.17. The fraction of sp³-hybridized carbons (Fsp3) is 0.909. The summed E-state index contributed by atoms with van der Waals surface area (Å²) in [5.41, 5.74) is 0. The molecule has 0 atom stereocenters. The molecule has 1 aliphatic carbocycles. The molecule has 1 saturated carbocycles. The monoisotopic (exact) mass is 199 g/mol. The van der Waals surface area contributed by atoms with Crippen molar-refractivity contribution >= 4 is 5.97 Å². The van der Waals surface area contributed by atoms with Gasteiger partial charge in [-0.2, -0.15) is 0 Å². The Morgan fingerprint density at radius 2 is 2.29 bits per heavy atom. The van der Waals surface area contributed by atoms with Crippen LogP contribution in [0.5, 0.6) is 0 Å². The molecule has 3 nitrogen and oxygen atoms in total. The molecule has 1 N–H and O–H groups in total. The van der Waals surface area contributed by atoms with E-state index in [1.165, 1.54) is 19.3 Å². The van der Waals surface area contributed by atoms with Gasteiger partial charge in [0.05, 0.1) is 13.0 Å². The van der Waals surface area contributed by atoms with Gasteiger partial charge in [0.2, 0.25) is 0 Å². The quantitative estimate of drug-likeness (QED) is 0.501. The lowest BCUT2D eigenvalue weighted by Gasteiger charge is -2.24. The van der Waals surface area contributed by atoms with Crippen LogP contribution in [0.15, 0.2) is 0 Å². The number of ether oxygens (including phenoxy) is 1. The normalized spacial score (nSPS) is 16.4. The summed E-state index contributed by atoms with van der Waals surface area (Å²) < 4.78 is 5.12. The molecule has 82 valence electrons. The van der Waals surface area contributed by atoms with Gasteiger partial charge in [0, 0.05) is 6.54 Å². The van der Waals surface area contributed by atoms with Crippen molar-refractivity contribution in [1.29, 1.82) is 0 Å². The van der Waals surface area contributed by atoms with Gasteiger partial charge in [0.1, 0.15) is 0 Å². The van der Waals surface area contributed by atoms with Gasteiger partial charge in [-0.1, -0.05) is 26.2 Å². The largest absolute Gasteiger partial charge is 0.466 e. The summed E-state index contributed by atoms with van der Waals surface area (Å²) in [6, 6.07) is 0. The van der Waals surface area contributed by atoms with E-state index in [2.05, 4.69) is 5.32 Å². The number of nitrogens with one attached hydrogen (secondary N) is 1. The van der Waals surface area contributed by atoms with E-state index in [0.717, 1.165) is 25.4 Å². The Hall–Kier alpha value is -0.570. The molecule has 14 heavy (non-hydrogen) atoms. The van der Waals surface area contributed by atoms with E-state index in [9.17, 15) is 4.79 Å². The van der Waals surface area contributed by atoms with E-state index >= 15 is 0 Å². The first-order chi connectivity index (χ1) is 6.83. The van der Waals surface area contributed by atoms with Gasteiger partial charge in [-0.05, 0) is 18.9 Å². The first kappa shape index (κ1) is 11.5. The van der Waals surface area contributed by atoms with E-state index in [4.69, 9.17) is 4.74 Å². The SMILES string of the molecule is CCNCCC(=O)OCCC1CCC1. The minimum atomic E-state index is -0.0646. The third-order valence-corrected chi connectivity index (χ3v) is 2.77. The molecule has 0 saturated heterocycles. The topological polar surface area (TPSA) is 38.3 Å². The van der Waals surface area contributed by atoms with Gasteiger partial charge in [-0.15, -0.1) is 0 Å². The minimum Gasteiger partial charge on any atom is -0.466 e. The highest BCUT2D eigenvalue weighted by molar-refractivity contribution is 5.69. The smallest absolute Gasteiger partial charge is 0.307 e. The van der Waals surface area contributed by atoms with Gasteiger partial charge in [-0.25, -0.2) is 0 Å². The van der Waals surface area contributed by atoms with Crippen molar-refractivity contribution in [3.63, 3.8) is 0 Å². The Morgan fingerprint density at radius 3 is 2.86 bits per heavy atom. The Labute approximate surface area is 86.2 Å². The summed E-state index contributed by atoms with van der Waals surface area (Å²) in [5, 5.41) is 3.10. The molecule has 0 aromatic rings. The predicted molar refractivity (Wildman–Crippen MR) is 56.1 cm³/mol. The van der Waals surface area contributed by atoms with Crippen LogP contribution in [0.4, 0.5) is 0 Å². The molecule has 1 rings (SSSR count). The van der Waals surface area contributed by atoms with Gasteiger partial charge in [-0.3, -0.25) is 4.79 Å². The number of hydrogen-bond acceptors (Lipinski definition) is 3. The molecule has 1 aliphatic rings. The molecule has 0 aromatic heterocycles. The van der Waals surface area contributed by atoms with Crippen LogP contribution in [-0.4, -0.2) is 25.7 Å². The number of carbonyl (C=O) groups excluding carboxylic acids is 1. The summed E-state index contributed by atoms with van der Waals surface area (Å²) in [6.07, 6.45) is 5.58. The predicted octanol–water partition coefficient (Wildman–Crippen LogP) is 1.72. The van der Waals surface area contributed by atoms with E-state index in [1.54, 1.807) is 0 Å². The maximum absolute atomic E-state index is 11.1. The van der Waals surface area contributed by atoms with E-state index in [0.29, 0.717) is 13.0 Å². The van der Waals surface area contributed by atoms with Crippen molar-refractivity contribution in [2.24, 2.45) is 5.92 Å². The maximum Gasteiger partial charge on any atom is 0.307 e. The van der Waals surface area contributed by atoms with E-state index in [-0.39, 0.29) is 5.97 Å². The van der Waals surface area contributed by atoms with Crippen molar-refractivity contribution < 1.29 is 9.53 Å². The molecule has 1 fully saturated rings. The number of carbonyl (C=O) groups is 1. The number of esters is 1. The van der Waals surface area contributed by atoms with Crippen LogP contribution in [0, 0.1) is 5.92 Å². The van der Waals surface area contributed by atoms with Crippen molar-refractivity contribution in [3.8, 4) is 0 Å². The lowest BCUT2D eigenvalue weighted by molar-refractivity contribution is -0.144. The number of rotatable bonds is 7. The second-order valence-electron chi connectivity index (χ2n) is 3.91. The molecule has 0 aromatic carbocycles. The third kappa shape index (κ3) is 4.61. The van der Waals surface area contributed by atoms with Crippen LogP contribution in [0.1, 0.15) is 39.0 Å². The molecular formula is C11H21NO2. The summed E-state index contributed by atoms with van der Waals surface area (Å²) >= 11 is 0. The fourth-order valence-electron chi connectivity index (χ4n) is 1.56. The zero-order chi connectivity index (χ0) is 10.2. The van der Waals surface area contributed by atoms with Crippen LogP contribution in [-0.2, 0) is 9.53 Å². The van der Waals surface area contributed by atoms with Gasteiger partial charge < -0.3 is 10.1 Å². The van der Waals surface area contributed by atoms with Crippen LogP contribution >= 0.6 is 0 Å². The van der Waals surface area contributed by atoms with Crippen molar-refractivity contribution in [1.82, 2.24) is 5.32 Å². The van der Waals surface area contributed by atoms with Crippen LogP contribution < -0.4 is 5.32 Å². The highest BCUT2D eigenvalue weighted by Crippen LogP contribution is 2.29. The van der Waals surface area contributed by atoms with Crippen LogP contribution in [0.2, 0.25) is 0 Å². The molecule has 0 unspecified atom stereocenters. The van der Waals surface area contributed by atoms with E-state index < -0.39 is 0 Å². The minimum absolute atomic E-state index is 0.0646. The van der Waals surface area contributed by atoms with E-state index in [1.807, 2.05) is 6.92 Å². The molecular weight excluding hydrogens is 178 g/mol. The van der Waals surface area contributed by atoms with Gasteiger partial charge >= 0.3 is 5.97 Å². The second kappa shape index (κ2) is 6.82. The van der Waals surface area contributed by atoms with Gasteiger partial charge in [0.15, 0.2) is 0 Å². The first-order valence-electron chi connectivity index (χ1n) is 5.69. The Morgan fingerprint density at radius 1 is 1.50 bits per heavy atom.